The van der Waals surface area contributed by atoms with Crippen LogP contribution >= 0.6 is 0 Å². The summed E-state index contributed by atoms with van der Waals surface area (Å²) in [6, 6.07) is 14.0. The molecule has 5 nitrogen and oxygen atoms in total. The lowest BCUT2D eigenvalue weighted by Crippen LogP contribution is -3.08. The van der Waals surface area contributed by atoms with Crippen LogP contribution in [0.2, 0.25) is 0 Å². The maximum Gasteiger partial charge on any atom is 0.387 e. The number of likely N-dealkylation sites (N-methyl/N-ethyl adjacent to an activating group) is 1. The Balaban J connectivity index is 1.93. The summed E-state index contributed by atoms with van der Waals surface area (Å²) in [6.45, 7) is -2.10. The van der Waals surface area contributed by atoms with Gasteiger partial charge in [-0.1, -0.05) is 18.2 Å². The Kier molecular flexibility index (Phi) is 6.71. The molecule has 0 radical (unpaired) electrons. The number of carbonyl (C=O) groups excluding carboxylic acids is 1. The third-order valence-corrected chi connectivity index (χ3v) is 3.47. The molecule has 134 valence electrons. The highest BCUT2D eigenvalue weighted by Gasteiger charge is 2.14. The van der Waals surface area contributed by atoms with Gasteiger partial charge in [-0.15, -0.1) is 0 Å². The fraction of sp³-hybridized carbons (Fsp3) is 0.278. The van der Waals surface area contributed by atoms with Crippen LogP contribution in [0.4, 0.5) is 14.5 Å². The molecule has 1 unspecified atom stereocenters. The Bertz CT molecular complexity index is 696. The van der Waals surface area contributed by atoms with Crippen molar-refractivity contribution in [2.24, 2.45) is 0 Å². The molecule has 1 atom stereocenters. The quantitative estimate of drug-likeness (QED) is 0.764. The second-order valence-corrected chi connectivity index (χ2v) is 5.59. The molecule has 2 aromatic rings. The summed E-state index contributed by atoms with van der Waals surface area (Å²) < 4.78 is 34.2. The first-order chi connectivity index (χ1) is 12.0. The van der Waals surface area contributed by atoms with E-state index in [9.17, 15) is 13.6 Å². The van der Waals surface area contributed by atoms with Crippen molar-refractivity contribution in [3.63, 3.8) is 0 Å². The number of hydrogen-bond acceptors (Lipinski definition) is 3. The number of alkyl halides is 2. The molecule has 0 spiro atoms. The number of halogens is 2. The largest absolute Gasteiger partial charge is 0.493 e. The smallest absolute Gasteiger partial charge is 0.387 e. The second-order valence-electron chi connectivity index (χ2n) is 5.59. The van der Waals surface area contributed by atoms with Gasteiger partial charge in [0.1, 0.15) is 6.54 Å². The number of rotatable bonds is 8. The summed E-state index contributed by atoms with van der Waals surface area (Å²) in [7, 11) is 3.27. The average molecular weight is 351 g/mol. The lowest BCUT2D eigenvalue weighted by atomic mass is 10.2. The molecule has 2 rings (SSSR count). The molecule has 1 amide bonds. The summed E-state index contributed by atoms with van der Waals surface area (Å²) in [6.07, 6.45) is 0. The number of benzene rings is 2. The van der Waals surface area contributed by atoms with E-state index in [-0.39, 0.29) is 24.0 Å². The molecular formula is C18H21F2N2O3+. The Morgan fingerprint density at radius 3 is 2.52 bits per heavy atom. The van der Waals surface area contributed by atoms with E-state index in [1.54, 1.807) is 12.1 Å². The number of carbonyl (C=O) groups is 1. The van der Waals surface area contributed by atoms with E-state index in [0.29, 0.717) is 6.54 Å². The summed E-state index contributed by atoms with van der Waals surface area (Å²) in [5.41, 5.74) is 1.60. The van der Waals surface area contributed by atoms with Crippen molar-refractivity contribution in [1.82, 2.24) is 0 Å². The Morgan fingerprint density at radius 2 is 1.88 bits per heavy atom. The number of ether oxygens (including phenoxy) is 2. The van der Waals surface area contributed by atoms with E-state index >= 15 is 0 Å². The molecule has 0 heterocycles. The summed E-state index contributed by atoms with van der Waals surface area (Å²) in [5.74, 6) is 0.119. The third kappa shape index (κ3) is 6.04. The molecule has 0 aliphatic carbocycles. The highest BCUT2D eigenvalue weighted by Crippen LogP contribution is 2.29. The van der Waals surface area contributed by atoms with Crippen LogP contribution in [0.15, 0.2) is 48.5 Å². The highest BCUT2D eigenvalue weighted by molar-refractivity contribution is 5.91. The van der Waals surface area contributed by atoms with E-state index in [1.807, 2.05) is 37.4 Å². The lowest BCUT2D eigenvalue weighted by Gasteiger charge is -2.15. The van der Waals surface area contributed by atoms with Crippen LogP contribution in [-0.4, -0.2) is 33.2 Å². The zero-order valence-corrected chi connectivity index (χ0v) is 14.1. The van der Waals surface area contributed by atoms with Gasteiger partial charge in [-0.3, -0.25) is 4.79 Å². The van der Waals surface area contributed by atoms with Crippen molar-refractivity contribution in [3.05, 3.63) is 54.1 Å². The fourth-order valence-electron chi connectivity index (χ4n) is 2.43. The van der Waals surface area contributed by atoms with E-state index in [2.05, 4.69) is 10.1 Å². The van der Waals surface area contributed by atoms with Crippen molar-refractivity contribution >= 4 is 11.6 Å². The molecule has 0 fully saturated rings. The molecule has 0 aromatic heterocycles. The van der Waals surface area contributed by atoms with Gasteiger partial charge < -0.3 is 19.7 Å². The van der Waals surface area contributed by atoms with E-state index in [4.69, 9.17) is 4.74 Å². The topological polar surface area (TPSA) is 52.0 Å². The lowest BCUT2D eigenvalue weighted by molar-refractivity contribution is -0.885. The van der Waals surface area contributed by atoms with Gasteiger partial charge in [-0.05, 0) is 30.3 Å². The van der Waals surface area contributed by atoms with Gasteiger partial charge in [0.2, 0.25) is 0 Å². The minimum absolute atomic E-state index is 0.0132. The first kappa shape index (κ1) is 18.7. The first-order valence-electron chi connectivity index (χ1n) is 7.76. The van der Waals surface area contributed by atoms with Crippen LogP contribution in [0.5, 0.6) is 11.5 Å². The Hall–Kier alpha value is -2.67. The van der Waals surface area contributed by atoms with Crippen LogP contribution in [0.25, 0.3) is 0 Å². The van der Waals surface area contributed by atoms with Crippen LogP contribution in [0, 0.1) is 0 Å². The molecule has 2 aromatic carbocycles. The maximum atomic E-state index is 12.3. The molecule has 0 bridgehead atoms. The minimum atomic E-state index is -2.91. The monoisotopic (exact) mass is 351 g/mol. The number of methoxy groups -OCH3 is 1. The Morgan fingerprint density at radius 1 is 1.16 bits per heavy atom. The van der Waals surface area contributed by atoms with E-state index < -0.39 is 6.61 Å². The van der Waals surface area contributed by atoms with Crippen molar-refractivity contribution in [3.8, 4) is 11.5 Å². The predicted molar refractivity (Wildman–Crippen MR) is 90.2 cm³/mol. The molecule has 2 N–H and O–H groups in total. The number of hydrogen-bond donors (Lipinski definition) is 2. The van der Waals surface area contributed by atoms with Gasteiger partial charge in [0, 0.05) is 11.3 Å². The maximum absolute atomic E-state index is 12.3. The zero-order valence-electron chi connectivity index (χ0n) is 14.1. The van der Waals surface area contributed by atoms with Crippen LogP contribution in [-0.2, 0) is 11.3 Å². The normalized spacial score (nSPS) is 11.9. The fourth-order valence-corrected chi connectivity index (χ4v) is 2.43. The molecule has 0 aliphatic rings. The number of quaternary nitrogens is 1. The second kappa shape index (κ2) is 8.98. The molecule has 7 heteroatoms. The standard InChI is InChI=1S/C18H20F2N2O3/c1-22(12-17(23)21-14-6-4-3-5-7-14)11-13-8-9-15(25-18(19)20)16(10-13)24-2/h3-10,18H,11-12H2,1-2H3,(H,21,23)/p+1. The van der Waals surface area contributed by atoms with Crippen molar-refractivity contribution in [1.29, 1.82) is 0 Å². The summed E-state index contributed by atoms with van der Waals surface area (Å²) in [5, 5.41) is 2.82. The number of amides is 1. The summed E-state index contributed by atoms with van der Waals surface area (Å²) in [4.78, 5) is 13.0. The molecule has 0 saturated carbocycles. The molecule has 25 heavy (non-hydrogen) atoms. The van der Waals surface area contributed by atoms with Gasteiger partial charge in [0.25, 0.3) is 5.91 Å². The van der Waals surface area contributed by atoms with E-state index in [0.717, 1.165) is 16.2 Å². The molecular weight excluding hydrogens is 330 g/mol. The SMILES string of the molecule is COc1cc(C[NH+](C)CC(=O)Nc2ccccc2)ccc1OC(F)F. The van der Waals surface area contributed by atoms with Gasteiger partial charge in [0.15, 0.2) is 18.0 Å². The first-order valence-corrected chi connectivity index (χ1v) is 7.76. The van der Waals surface area contributed by atoms with E-state index in [1.165, 1.54) is 13.2 Å². The number of para-hydroxylation sites is 1. The average Bonchev–Trinajstić information content (AvgIpc) is 2.56. The van der Waals surface area contributed by atoms with Crippen molar-refractivity contribution < 1.29 is 27.9 Å². The van der Waals surface area contributed by atoms with Crippen LogP contribution in [0.1, 0.15) is 5.56 Å². The van der Waals surface area contributed by atoms with Crippen molar-refractivity contribution in [2.75, 3.05) is 26.0 Å². The highest BCUT2D eigenvalue weighted by atomic mass is 19.3. The van der Waals surface area contributed by atoms with Gasteiger partial charge in [-0.25, -0.2) is 0 Å². The van der Waals surface area contributed by atoms with Gasteiger partial charge in [0.05, 0.1) is 14.2 Å². The third-order valence-electron chi connectivity index (χ3n) is 3.47. The summed E-state index contributed by atoms with van der Waals surface area (Å²) >= 11 is 0. The number of nitrogens with one attached hydrogen (secondary N) is 2. The van der Waals surface area contributed by atoms with Crippen LogP contribution in [0.3, 0.4) is 0 Å². The van der Waals surface area contributed by atoms with Crippen LogP contribution < -0.4 is 19.7 Å². The zero-order chi connectivity index (χ0) is 18.2. The van der Waals surface area contributed by atoms with Gasteiger partial charge >= 0.3 is 6.61 Å². The van der Waals surface area contributed by atoms with Gasteiger partial charge in [-0.2, -0.15) is 8.78 Å². The number of anilines is 1. The van der Waals surface area contributed by atoms with Crippen molar-refractivity contribution in [2.45, 2.75) is 13.2 Å². The molecule has 0 aliphatic heterocycles. The minimum Gasteiger partial charge on any atom is -0.493 e. The predicted octanol–water partition coefficient (Wildman–Crippen LogP) is 1.95. The Labute approximate surface area is 145 Å². The molecule has 0 saturated heterocycles.